The largest absolute Gasteiger partial charge is 0.382 e. The zero-order valence-electron chi connectivity index (χ0n) is 9.22. The number of nitrogens with two attached hydrogens (primary N) is 1. The van der Waals surface area contributed by atoms with Crippen molar-refractivity contribution in [3.05, 3.63) is 30.2 Å². The van der Waals surface area contributed by atoms with E-state index < -0.39 is 0 Å². The monoisotopic (exact) mass is 214 g/mol. The Bertz CT molecular complexity index is 568. The highest BCUT2D eigenvalue weighted by Gasteiger charge is 2.16. The SMILES string of the molecule is Cc1cnc(N)c2ncn(C3C=CCC3)c12. The molecule has 3 rings (SSSR count). The lowest BCUT2D eigenvalue weighted by molar-refractivity contribution is 0.605. The van der Waals surface area contributed by atoms with Gasteiger partial charge in [-0.25, -0.2) is 9.97 Å². The molecule has 1 atom stereocenters. The molecule has 0 spiro atoms. The molecule has 0 radical (unpaired) electrons. The van der Waals surface area contributed by atoms with Gasteiger partial charge in [0.1, 0.15) is 5.52 Å². The number of aromatic nitrogens is 3. The Kier molecular flexibility index (Phi) is 1.96. The summed E-state index contributed by atoms with van der Waals surface area (Å²) in [6, 6.07) is 0.422. The smallest absolute Gasteiger partial charge is 0.151 e. The van der Waals surface area contributed by atoms with Crippen molar-refractivity contribution in [1.29, 1.82) is 0 Å². The van der Waals surface area contributed by atoms with E-state index in [2.05, 4.69) is 26.7 Å². The maximum atomic E-state index is 5.83. The van der Waals surface area contributed by atoms with Crippen molar-refractivity contribution in [2.45, 2.75) is 25.8 Å². The molecule has 4 heteroatoms. The Morgan fingerprint density at radius 1 is 1.44 bits per heavy atom. The Morgan fingerprint density at radius 3 is 3.06 bits per heavy atom. The fraction of sp³-hybridized carbons (Fsp3) is 0.333. The first-order chi connectivity index (χ1) is 7.77. The minimum absolute atomic E-state index is 0.422. The molecule has 0 saturated heterocycles. The second-order valence-electron chi connectivity index (χ2n) is 4.25. The lowest BCUT2D eigenvalue weighted by Crippen LogP contribution is -2.03. The third kappa shape index (κ3) is 1.23. The Morgan fingerprint density at radius 2 is 2.31 bits per heavy atom. The van der Waals surface area contributed by atoms with Crippen molar-refractivity contribution in [3.8, 4) is 0 Å². The van der Waals surface area contributed by atoms with Gasteiger partial charge in [-0.2, -0.15) is 0 Å². The van der Waals surface area contributed by atoms with E-state index in [1.165, 1.54) is 0 Å². The number of rotatable bonds is 1. The van der Waals surface area contributed by atoms with Crippen LogP contribution < -0.4 is 5.73 Å². The fourth-order valence-electron chi connectivity index (χ4n) is 2.33. The summed E-state index contributed by atoms with van der Waals surface area (Å²) in [6.45, 7) is 2.05. The number of hydrogen-bond donors (Lipinski definition) is 1. The number of nitrogens with zero attached hydrogens (tertiary/aromatic N) is 3. The number of hydrogen-bond acceptors (Lipinski definition) is 3. The predicted molar refractivity (Wildman–Crippen MR) is 64.1 cm³/mol. The van der Waals surface area contributed by atoms with Gasteiger partial charge in [0.2, 0.25) is 0 Å². The average molecular weight is 214 g/mol. The first-order valence-electron chi connectivity index (χ1n) is 5.51. The second-order valence-corrected chi connectivity index (χ2v) is 4.25. The highest BCUT2D eigenvalue weighted by molar-refractivity contribution is 5.87. The van der Waals surface area contributed by atoms with E-state index in [4.69, 9.17) is 5.73 Å². The number of aryl methyl sites for hydroxylation is 1. The van der Waals surface area contributed by atoms with E-state index in [0.717, 1.165) is 29.4 Å². The maximum absolute atomic E-state index is 5.83. The van der Waals surface area contributed by atoms with Crippen molar-refractivity contribution in [3.63, 3.8) is 0 Å². The molecule has 2 heterocycles. The molecular formula is C12H14N4. The molecule has 1 aliphatic rings. The highest BCUT2D eigenvalue weighted by atomic mass is 15.1. The summed E-state index contributed by atoms with van der Waals surface area (Å²) in [5.74, 6) is 0.515. The van der Waals surface area contributed by atoms with Crippen LogP contribution in [0.15, 0.2) is 24.7 Å². The predicted octanol–water partition coefficient (Wildman–Crippen LogP) is 2.21. The zero-order valence-corrected chi connectivity index (χ0v) is 9.22. The van der Waals surface area contributed by atoms with Crippen LogP contribution in [0.5, 0.6) is 0 Å². The molecule has 82 valence electrons. The first-order valence-corrected chi connectivity index (χ1v) is 5.51. The van der Waals surface area contributed by atoms with Crippen molar-refractivity contribution >= 4 is 16.9 Å². The normalized spacial score (nSPS) is 19.7. The van der Waals surface area contributed by atoms with Gasteiger partial charge in [-0.15, -0.1) is 0 Å². The van der Waals surface area contributed by atoms with Crippen LogP contribution in [0.1, 0.15) is 24.4 Å². The first kappa shape index (κ1) is 9.39. The van der Waals surface area contributed by atoms with Crippen molar-refractivity contribution in [2.75, 3.05) is 5.73 Å². The zero-order chi connectivity index (χ0) is 11.1. The van der Waals surface area contributed by atoms with Gasteiger partial charge in [0.05, 0.1) is 17.9 Å². The number of allylic oxidation sites excluding steroid dienone is 2. The summed E-state index contributed by atoms with van der Waals surface area (Å²) < 4.78 is 2.20. The molecule has 2 aromatic heterocycles. The minimum atomic E-state index is 0.422. The van der Waals surface area contributed by atoms with E-state index in [9.17, 15) is 0 Å². The van der Waals surface area contributed by atoms with Crippen LogP contribution in [-0.4, -0.2) is 14.5 Å². The topological polar surface area (TPSA) is 56.7 Å². The maximum Gasteiger partial charge on any atom is 0.151 e. The Labute approximate surface area is 93.8 Å². The number of nitrogen functional groups attached to an aromatic ring is 1. The van der Waals surface area contributed by atoms with Gasteiger partial charge in [-0.3, -0.25) is 0 Å². The van der Waals surface area contributed by atoms with E-state index in [1.807, 2.05) is 19.4 Å². The van der Waals surface area contributed by atoms with E-state index in [0.29, 0.717) is 11.9 Å². The summed E-state index contributed by atoms with van der Waals surface area (Å²) in [7, 11) is 0. The molecule has 16 heavy (non-hydrogen) atoms. The summed E-state index contributed by atoms with van der Waals surface area (Å²) in [5.41, 5.74) is 8.89. The average Bonchev–Trinajstić information content (AvgIpc) is 2.90. The van der Waals surface area contributed by atoms with Crippen molar-refractivity contribution in [2.24, 2.45) is 0 Å². The molecule has 0 saturated carbocycles. The molecule has 4 nitrogen and oxygen atoms in total. The lowest BCUT2D eigenvalue weighted by Gasteiger charge is -2.12. The summed E-state index contributed by atoms with van der Waals surface area (Å²) in [4.78, 5) is 8.50. The standard InChI is InChI=1S/C12H14N4/c1-8-6-14-12(13)10-11(8)16(7-15-10)9-4-2-3-5-9/h2,4,6-7,9H,3,5H2,1H3,(H2,13,14). The number of fused-ring (bicyclic) bond motifs is 1. The summed E-state index contributed by atoms with van der Waals surface area (Å²) in [6.07, 6.45) is 10.4. The number of anilines is 1. The molecule has 1 unspecified atom stereocenters. The molecule has 2 aromatic rings. The molecule has 0 aromatic carbocycles. The van der Waals surface area contributed by atoms with E-state index in [-0.39, 0.29) is 0 Å². The molecule has 0 amide bonds. The fourth-order valence-corrected chi connectivity index (χ4v) is 2.33. The molecular weight excluding hydrogens is 200 g/mol. The third-order valence-corrected chi connectivity index (χ3v) is 3.15. The van der Waals surface area contributed by atoms with Gasteiger partial charge in [0.15, 0.2) is 5.82 Å². The number of pyridine rings is 1. The molecule has 1 aliphatic carbocycles. The van der Waals surface area contributed by atoms with Gasteiger partial charge in [-0.05, 0) is 25.3 Å². The van der Waals surface area contributed by atoms with Crippen molar-refractivity contribution in [1.82, 2.24) is 14.5 Å². The van der Waals surface area contributed by atoms with Gasteiger partial charge in [0, 0.05) is 6.20 Å². The van der Waals surface area contributed by atoms with Crippen LogP contribution in [0.2, 0.25) is 0 Å². The van der Waals surface area contributed by atoms with Crippen LogP contribution in [0.4, 0.5) is 5.82 Å². The van der Waals surface area contributed by atoms with Gasteiger partial charge < -0.3 is 10.3 Å². The van der Waals surface area contributed by atoms with Crippen LogP contribution in [0.3, 0.4) is 0 Å². The van der Waals surface area contributed by atoms with Crippen LogP contribution in [0, 0.1) is 6.92 Å². The molecule has 2 N–H and O–H groups in total. The van der Waals surface area contributed by atoms with E-state index >= 15 is 0 Å². The van der Waals surface area contributed by atoms with Gasteiger partial charge >= 0.3 is 0 Å². The molecule has 0 bridgehead atoms. The number of imidazole rings is 1. The minimum Gasteiger partial charge on any atom is -0.382 e. The van der Waals surface area contributed by atoms with Gasteiger partial charge in [-0.1, -0.05) is 12.2 Å². The second kappa shape index (κ2) is 3.33. The van der Waals surface area contributed by atoms with Crippen LogP contribution in [-0.2, 0) is 0 Å². The summed E-state index contributed by atoms with van der Waals surface area (Å²) >= 11 is 0. The van der Waals surface area contributed by atoms with E-state index in [1.54, 1.807) is 0 Å². The third-order valence-electron chi connectivity index (χ3n) is 3.15. The molecule has 0 aliphatic heterocycles. The summed E-state index contributed by atoms with van der Waals surface area (Å²) in [5, 5.41) is 0. The van der Waals surface area contributed by atoms with Gasteiger partial charge in [0.25, 0.3) is 0 Å². The highest BCUT2D eigenvalue weighted by Crippen LogP contribution is 2.29. The Hall–Kier alpha value is -1.84. The van der Waals surface area contributed by atoms with Crippen LogP contribution in [0.25, 0.3) is 11.0 Å². The van der Waals surface area contributed by atoms with Crippen LogP contribution >= 0.6 is 0 Å². The van der Waals surface area contributed by atoms with Crippen molar-refractivity contribution < 1.29 is 0 Å². The lowest BCUT2D eigenvalue weighted by atomic mass is 10.2. The Balaban J connectivity index is 2.26. The molecule has 0 fully saturated rings. The quantitative estimate of drug-likeness (QED) is 0.740.